The number of piperidine rings is 1. The number of rotatable bonds is 4. The van der Waals surface area contributed by atoms with Crippen LogP contribution in [0.3, 0.4) is 0 Å². The number of hydrogen-bond acceptors (Lipinski definition) is 4. The van der Waals surface area contributed by atoms with Gasteiger partial charge in [0.1, 0.15) is 6.61 Å². The fraction of sp³-hybridized carbons (Fsp3) is 0.579. The highest BCUT2D eigenvalue weighted by molar-refractivity contribution is 5.98. The minimum absolute atomic E-state index is 0.000136. The van der Waals surface area contributed by atoms with Crippen LogP contribution in [-0.4, -0.2) is 56.1 Å². The second-order valence-electron chi connectivity index (χ2n) is 6.95. The third kappa shape index (κ3) is 4.38. The first-order valence-corrected chi connectivity index (χ1v) is 9.04. The number of anilines is 2. The van der Waals surface area contributed by atoms with Crippen molar-refractivity contribution in [1.29, 1.82) is 0 Å². The summed E-state index contributed by atoms with van der Waals surface area (Å²) in [5.74, 6) is -0.0951. The molecule has 3 rings (SSSR count). The predicted molar refractivity (Wildman–Crippen MR) is 97.9 cm³/mol. The van der Waals surface area contributed by atoms with E-state index in [-0.39, 0.29) is 24.5 Å². The number of ether oxygens (including phenoxy) is 1. The molecule has 0 atom stereocenters. The Labute approximate surface area is 149 Å². The Kier molecular flexibility index (Phi) is 5.71. The first kappa shape index (κ1) is 17.9. The zero-order valence-corrected chi connectivity index (χ0v) is 15.1. The van der Waals surface area contributed by atoms with Gasteiger partial charge in [0.15, 0.2) is 0 Å². The van der Waals surface area contributed by atoms with E-state index in [2.05, 4.69) is 17.3 Å². The van der Waals surface area contributed by atoms with Crippen molar-refractivity contribution in [3.63, 3.8) is 0 Å². The van der Waals surface area contributed by atoms with Crippen molar-refractivity contribution in [2.75, 3.05) is 43.5 Å². The third-order valence-electron chi connectivity index (χ3n) is 4.97. The van der Waals surface area contributed by atoms with Gasteiger partial charge >= 0.3 is 0 Å². The number of carbonyl (C=O) groups excluding carboxylic acids is 2. The molecule has 0 unspecified atom stereocenters. The molecule has 1 saturated heterocycles. The van der Waals surface area contributed by atoms with Crippen LogP contribution in [0.5, 0.6) is 0 Å². The molecule has 1 aromatic carbocycles. The van der Waals surface area contributed by atoms with E-state index in [1.54, 1.807) is 4.90 Å². The molecule has 1 N–H and O–H groups in total. The molecule has 6 nitrogen and oxygen atoms in total. The van der Waals surface area contributed by atoms with Crippen LogP contribution in [0, 0.1) is 0 Å². The van der Waals surface area contributed by atoms with E-state index >= 15 is 0 Å². The Balaban J connectivity index is 1.66. The third-order valence-corrected chi connectivity index (χ3v) is 4.97. The molecule has 2 aliphatic heterocycles. The standard InChI is InChI=1S/C19H27N3O3/c1-14(23)20-17-6-3-7-18-16(17)5-4-10-22(18)19(24)13-25-15-8-11-21(2)12-9-15/h3,6-7,15H,4-5,8-13H2,1-2H3,(H,20,23). The van der Waals surface area contributed by atoms with Crippen LogP contribution in [0.4, 0.5) is 11.4 Å². The number of nitrogens with zero attached hydrogens (tertiary/aromatic N) is 2. The lowest BCUT2D eigenvalue weighted by Crippen LogP contribution is -2.40. The maximum absolute atomic E-state index is 12.7. The van der Waals surface area contributed by atoms with Crippen LogP contribution < -0.4 is 10.2 Å². The summed E-state index contributed by atoms with van der Waals surface area (Å²) < 4.78 is 5.87. The molecular formula is C19H27N3O3. The van der Waals surface area contributed by atoms with Crippen LogP contribution in [0.25, 0.3) is 0 Å². The average Bonchev–Trinajstić information content (AvgIpc) is 2.60. The van der Waals surface area contributed by atoms with E-state index in [4.69, 9.17) is 4.74 Å². The molecule has 2 amide bonds. The monoisotopic (exact) mass is 345 g/mol. The van der Waals surface area contributed by atoms with Gasteiger partial charge in [-0.1, -0.05) is 6.07 Å². The Bertz CT molecular complexity index is 639. The van der Waals surface area contributed by atoms with Gasteiger partial charge < -0.3 is 19.9 Å². The molecule has 0 aliphatic carbocycles. The fourth-order valence-electron chi connectivity index (χ4n) is 3.61. The fourth-order valence-corrected chi connectivity index (χ4v) is 3.61. The molecule has 25 heavy (non-hydrogen) atoms. The summed E-state index contributed by atoms with van der Waals surface area (Å²) in [6.07, 6.45) is 3.89. The molecule has 2 heterocycles. The van der Waals surface area contributed by atoms with E-state index in [9.17, 15) is 9.59 Å². The maximum Gasteiger partial charge on any atom is 0.252 e. The highest BCUT2D eigenvalue weighted by Gasteiger charge is 2.26. The smallest absolute Gasteiger partial charge is 0.252 e. The van der Waals surface area contributed by atoms with Crippen LogP contribution in [0.1, 0.15) is 31.7 Å². The topological polar surface area (TPSA) is 61.9 Å². The van der Waals surface area contributed by atoms with Crippen molar-refractivity contribution in [2.24, 2.45) is 0 Å². The molecule has 6 heteroatoms. The van der Waals surface area contributed by atoms with Gasteiger partial charge in [0.25, 0.3) is 5.91 Å². The quantitative estimate of drug-likeness (QED) is 0.907. The summed E-state index contributed by atoms with van der Waals surface area (Å²) in [4.78, 5) is 28.2. The van der Waals surface area contributed by atoms with Crippen molar-refractivity contribution >= 4 is 23.2 Å². The van der Waals surface area contributed by atoms with Crippen LogP contribution in [0.2, 0.25) is 0 Å². The maximum atomic E-state index is 12.7. The number of fused-ring (bicyclic) bond motifs is 1. The van der Waals surface area contributed by atoms with Gasteiger partial charge in [-0.3, -0.25) is 9.59 Å². The van der Waals surface area contributed by atoms with Gasteiger partial charge in [-0.15, -0.1) is 0 Å². The highest BCUT2D eigenvalue weighted by atomic mass is 16.5. The van der Waals surface area contributed by atoms with E-state index in [0.717, 1.165) is 55.7 Å². The molecule has 0 saturated carbocycles. The van der Waals surface area contributed by atoms with E-state index in [1.165, 1.54) is 6.92 Å². The van der Waals surface area contributed by atoms with Crippen molar-refractivity contribution in [1.82, 2.24) is 4.90 Å². The minimum Gasteiger partial charge on any atom is -0.368 e. The van der Waals surface area contributed by atoms with Crippen molar-refractivity contribution in [3.05, 3.63) is 23.8 Å². The second kappa shape index (κ2) is 7.97. The Morgan fingerprint density at radius 3 is 2.72 bits per heavy atom. The number of amides is 2. The van der Waals surface area contributed by atoms with Crippen LogP contribution >= 0.6 is 0 Å². The summed E-state index contributed by atoms with van der Waals surface area (Å²) in [6, 6.07) is 5.73. The molecule has 0 radical (unpaired) electrons. The van der Waals surface area contributed by atoms with Gasteiger partial charge in [0.05, 0.1) is 6.10 Å². The van der Waals surface area contributed by atoms with Crippen molar-refractivity contribution in [2.45, 2.75) is 38.7 Å². The summed E-state index contributed by atoms with van der Waals surface area (Å²) in [6.45, 7) is 4.36. The van der Waals surface area contributed by atoms with Crippen LogP contribution in [0.15, 0.2) is 18.2 Å². The molecular weight excluding hydrogens is 318 g/mol. The Morgan fingerprint density at radius 1 is 1.24 bits per heavy atom. The van der Waals surface area contributed by atoms with Crippen molar-refractivity contribution in [3.8, 4) is 0 Å². The van der Waals surface area contributed by atoms with E-state index < -0.39 is 0 Å². The molecule has 136 valence electrons. The first-order chi connectivity index (χ1) is 12.0. The summed E-state index contributed by atoms with van der Waals surface area (Å²) in [5.41, 5.74) is 2.74. The molecule has 1 aromatic rings. The number of benzene rings is 1. The highest BCUT2D eigenvalue weighted by Crippen LogP contribution is 2.33. The van der Waals surface area contributed by atoms with Crippen LogP contribution in [-0.2, 0) is 20.7 Å². The number of likely N-dealkylation sites (tertiary alicyclic amines) is 1. The summed E-state index contributed by atoms with van der Waals surface area (Å²) in [5, 5.41) is 2.87. The predicted octanol–water partition coefficient (Wildman–Crippen LogP) is 2.03. The molecule has 0 spiro atoms. The Hall–Kier alpha value is -1.92. The largest absolute Gasteiger partial charge is 0.368 e. The summed E-state index contributed by atoms with van der Waals surface area (Å²) in [7, 11) is 2.11. The van der Waals surface area contributed by atoms with Gasteiger partial charge in [-0.2, -0.15) is 0 Å². The molecule has 1 fully saturated rings. The van der Waals surface area contributed by atoms with Gasteiger partial charge in [-0.25, -0.2) is 0 Å². The van der Waals surface area contributed by atoms with Gasteiger partial charge in [0.2, 0.25) is 5.91 Å². The lowest BCUT2D eigenvalue weighted by atomic mass is 9.99. The molecule has 2 aliphatic rings. The zero-order valence-electron chi connectivity index (χ0n) is 15.1. The zero-order chi connectivity index (χ0) is 17.8. The van der Waals surface area contributed by atoms with Gasteiger partial charge in [-0.05, 0) is 50.4 Å². The molecule has 0 aromatic heterocycles. The average molecular weight is 345 g/mol. The first-order valence-electron chi connectivity index (χ1n) is 9.04. The Morgan fingerprint density at radius 2 is 2.00 bits per heavy atom. The second-order valence-corrected chi connectivity index (χ2v) is 6.95. The minimum atomic E-state index is -0.0950. The van der Waals surface area contributed by atoms with E-state index in [1.807, 2.05) is 18.2 Å². The number of hydrogen-bond donors (Lipinski definition) is 1. The van der Waals surface area contributed by atoms with E-state index in [0.29, 0.717) is 6.54 Å². The normalized spacial score (nSPS) is 18.7. The lowest BCUT2D eigenvalue weighted by molar-refractivity contribution is -0.126. The number of carbonyl (C=O) groups is 2. The van der Waals surface area contributed by atoms with Gasteiger partial charge in [0, 0.05) is 37.9 Å². The molecule has 0 bridgehead atoms. The number of nitrogens with one attached hydrogen (secondary N) is 1. The SMILES string of the molecule is CC(=O)Nc1cccc2c1CCCN2C(=O)COC1CCN(C)CC1. The summed E-state index contributed by atoms with van der Waals surface area (Å²) >= 11 is 0. The lowest BCUT2D eigenvalue weighted by Gasteiger charge is -2.32. The van der Waals surface area contributed by atoms with Crippen molar-refractivity contribution < 1.29 is 14.3 Å².